The Bertz CT molecular complexity index is 5910. The Morgan fingerprint density at radius 3 is 1.46 bits per heavy atom. The van der Waals surface area contributed by atoms with E-state index in [0.717, 1.165) is 201 Å². The van der Waals surface area contributed by atoms with E-state index in [1.165, 1.54) is 16.7 Å². The van der Waals surface area contributed by atoms with Gasteiger partial charge >= 0.3 is 0 Å². The van der Waals surface area contributed by atoms with Crippen molar-refractivity contribution in [2.75, 3.05) is 0 Å². The second kappa shape index (κ2) is 64.3. The second-order valence-electron chi connectivity index (χ2n) is 36.2. The average molecular weight is 1930 g/mol. The molecule has 762 valence electrons. The number of para-hydroxylation sites is 1. The van der Waals surface area contributed by atoms with Crippen LogP contribution in [0.3, 0.4) is 0 Å². The number of aliphatic hydroxyl groups excluding tert-OH is 9. The molecule has 9 unspecified atom stereocenters. The van der Waals surface area contributed by atoms with Crippen LogP contribution < -0.4 is 0 Å². The lowest BCUT2D eigenvalue weighted by molar-refractivity contribution is 0.0941. The number of phenolic OH excluding ortho intramolecular Hbond substituents is 2. The van der Waals surface area contributed by atoms with Gasteiger partial charge in [-0.1, -0.05) is 364 Å². The van der Waals surface area contributed by atoms with Crippen molar-refractivity contribution < 1.29 is 70.6 Å². The van der Waals surface area contributed by atoms with Crippen LogP contribution >= 0.6 is 0 Å². The first-order chi connectivity index (χ1) is 65.1. The third kappa shape index (κ3) is 38.7. The molecule has 0 fully saturated rings. The van der Waals surface area contributed by atoms with Gasteiger partial charge in [-0.2, -0.15) is 0 Å². The zero-order chi connectivity index (χ0) is 98.9. The lowest BCUT2D eigenvalue weighted by Gasteiger charge is -2.27. The minimum absolute atomic E-state index is 0. The minimum atomic E-state index is -0.369. The fourth-order valence-corrected chi connectivity index (χ4v) is 16.0. The Balaban J connectivity index is 0.000000517. The largest absolute Gasteiger partial charge is 0.512 e. The number of aryl methyl sites for hydroxylation is 3. The number of carbonyl (C=O) groups is 3. The first-order valence-electron chi connectivity index (χ1n) is 47.6. The van der Waals surface area contributed by atoms with Crippen molar-refractivity contribution in [2.45, 2.75) is 256 Å². The number of Topliss-reactive ketones (excluding diaryl/α,β-unsaturated/α-hetero) is 3. The molecule has 0 saturated heterocycles. The molecular weight excluding hydrogens is 1760 g/mol. The number of hydrogen-bond acceptors (Lipinski definition) is 14. The average Bonchev–Trinajstić information content (AvgIpc) is 1.07. The summed E-state index contributed by atoms with van der Waals surface area (Å²) < 4.78 is 0. The number of allylic oxidation sites excluding steroid dienone is 21. The van der Waals surface area contributed by atoms with Gasteiger partial charge < -0.3 is 56.2 Å². The molecule has 12 aliphatic rings. The molecule has 0 aromatic heterocycles. The SMILES string of the molecule is C.C.C.C.C.C.CC1=C(O)C=CCC1.CC1=C(O)CC=CC1.CC1=C(O)CCC=C1.CC1=CCC=CC1O.CC1=CCCC=C1O.CC1=Cc2ccccc2C1=O.CC1=Cc2ccccc2C1O.CC1C=Cc2ccccc2C1=O.CC1CC=CC=C1O.CC1CCc2ccccc2C1O.CC1Cc2ccccc2C1=O.CC1Cc2ccccc2C1O.Cc1ccc2ccccc2c1O.Cc1ccccc1O. The third-order valence-electron chi connectivity index (χ3n) is 25.2. The van der Waals surface area contributed by atoms with Gasteiger partial charge in [0.05, 0.1) is 35.6 Å². The van der Waals surface area contributed by atoms with Gasteiger partial charge in [-0.25, -0.2) is 0 Å². The molecule has 11 N–H and O–H groups in total. The van der Waals surface area contributed by atoms with Crippen LogP contribution in [0.1, 0.15) is 309 Å². The summed E-state index contributed by atoms with van der Waals surface area (Å²) in [6.07, 6.45) is 47.8. The lowest BCUT2D eigenvalue weighted by atomic mass is 9.83. The highest BCUT2D eigenvalue weighted by Crippen LogP contribution is 2.38. The zero-order valence-corrected chi connectivity index (χ0v) is 81.8. The first-order valence-corrected chi connectivity index (χ1v) is 47.6. The lowest BCUT2D eigenvalue weighted by Crippen LogP contribution is -2.17. The standard InChI is InChI=1S/C11H14O.2C11H10O.C10H12O.2C10H10O.C10H8O.6C7H10O.C7H8O.6CH4/c3*1-8-6-7-9-4-2-3-5-10(9)11(8)12;4*1-7-6-8-4-2-3-5-9(8)10(7)11;7*1-6-4-2-3-5-7(6)8;;;;;;/h2-5,8,11-12H,6-7H2,1H3;2-7,12H,1H3;2-8H,1H3;2-5,7,10-11H,6H2,1H3;2-5,7H,6H2,1H3;2-6,10-11H,1H3;2-6H,1H3;4-5,8H,2-3H2,1H3;3,5,8H,2,4H2,1H3;3-5,7-8H,2H2,1H3;2,4,8H,3,5H2,1H3;2-3,8H,4-5H2,1H3;2-3,5-6,8H,4H2,1H3;2-5,8H,1H3;6*1H4. The molecule has 0 saturated carbocycles. The smallest absolute Gasteiger partial charge is 0.189 e. The summed E-state index contributed by atoms with van der Waals surface area (Å²) in [5, 5.41) is 104. The van der Waals surface area contributed by atoms with Crippen LogP contribution in [0.15, 0.2) is 365 Å². The van der Waals surface area contributed by atoms with E-state index in [0.29, 0.717) is 63.8 Å². The van der Waals surface area contributed by atoms with Crippen LogP contribution in [0.2, 0.25) is 0 Å². The van der Waals surface area contributed by atoms with Crippen molar-refractivity contribution >= 4 is 46.4 Å². The summed E-state index contributed by atoms with van der Waals surface area (Å²) in [5.41, 5.74) is 22.0. The summed E-state index contributed by atoms with van der Waals surface area (Å²) in [7, 11) is 0. The maximum Gasteiger partial charge on any atom is 0.189 e. The van der Waals surface area contributed by atoms with Crippen molar-refractivity contribution in [1.82, 2.24) is 0 Å². The molecular formula is C128H166O14. The van der Waals surface area contributed by atoms with Crippen molar-refractivity contribution in [2.24, 2.45) is 29.6 Å². The normalized spacial score (nSPS) is 19.8. The van der Waals surface area contributed by atoms with Crippen molar-refractivity contribution in [3.63, 3.8) is 0 Å². The minimum Gasteiger partial charge on any atom is -0.512 e. The van der Waals surface area contributed by atoms with Gasteiger partial charge in [0.15, 0.2) is 17.3 Å². The summed E-state index contributed by atoms with van der Waals surface area (Å²) in [6, 6.07) is 66.5. The molecule has 9 aromatic carbocycles. The Morgan fingerprint density at radius 1 is 0.380 bits per heavy atom. The van der Waals surface area contributed by atoms with Crippen LogP contribution in [0, 0.1) is 43.4 Å². The highest BCUT2D eigenvalue weighted by molar-refractivity contribution is 6.17. The molecule has 0 amide bonds. The number of hydrogen-bond donors (Lipinski definition) is 11. The van der Waals surface area contributed by atoms with E-state index in [-0.39, 0.29) is 92.4 Å². The van der Waals surface area contributed by atoms with Crippen molar-refractivity contribution in [3.8, 4) is 11.5 Å². The quantitative estimate of drug-likeness (QED) is 0.0631. The van der Waals surface area contributed by atoms with Gasteiger partial charge in [0.25, 0.3) is 0 Å². The Hall–Kier alpha value is -13.2. The van der Waals surface area contributed by atoms with Crippen LogP contribution in [0.25, 0.3) is 29.0 Å². The molecule has 0 aliphatic heterocycles. The Kier molecular flexibility index (Phi) is 56.5. The molecule has 0 radical (unpaired) electrons. The summed E-state index contributed by atoms with van der Waals surface area (Å²) in [5.74, 6) is 5.37. The van der Waals surface area contributed by atoms with Crippen molar-refractivity contribution in [1.29, 1.82) is 0 Å². The predicted octanol–water partition coefficient (Wildman–Crippen LogP) is 33.6. The van der Waals surface area contributed by atoms with Gasteiger partial charge in [0, 0.05) is 52.7 Å². The van der Waals surface area contributed by atoms with E-state index >= 15 is 0 Å². The maximum atomic E-state index is 11.6. The Morgan fingerprint density at radius 2 is 0.937 bits per heavy atom. The topological polar surface area (TPSA) is 274 Å². The third-order valence-corrected chi connectivity index (χ3v) is 25.2. The second-order valence-corrected chi connectivity index (χ2v) is 36.2. The van der Waals surface area contributed by atoms with Gasteiger partial charge in [-0.05, 0) is 287 Å². The molecule has 0 spiro atoms. The first kappa shape index (κ1) is 125. The van der Waals surface area contributed by atoms with E-state index in [2.05, 4.69) is 50.3 Å². The predicted molar refractivity (Wildman–Crippen MR) is 601 cm³/mol. The molecule has 9 atom stereocenters. The molecule has 12 aliphatic carbocycles. The molecule has 14 nitrogen and oxygen atoms in total. The summed E-state index contributed by atoms with van der Waals surface area (Å²) in [4.78, 5) is 34.3. The van der Waals surface area contributed by atoms with Crippen molar-refractivity contribution in [3.05, 3.63) is 443 Å². The van der Waals surface area contributed by atoms with E-state index in [4.69, 9.17) is 35.7 Å². The fraction of sp³-hybridized carbons (Fsp3) is 0.336. The van der Waals surface area contributed by atoms with E-state index in [9.17, 15) is 34.8 Å². The van der Waals surface area contributed by atoms with Gasteiger partial charge in [-0.3, -0.25) is 14.4 Å². The highest BCUT2D eigenvalue weighted by atomic mass is 16.3. The Labute approximate surface area is 851 Å². The number of aromatic hydroxyl groups is 2. The fourth-order valence-electron chi connectivity index (χ4n) is 16.0. The molecule has 142 heavy (non-hydrogen) atoms. The molecule has 21 rings (SSSR count). The van der Waals surface area contributed by atoms with Gasteiger partial charge in [0.1, 0.15) is 29.1 Å². The van der Waals surface area contributed by atoms with Crippen LogP contribution in [-0.4, -0.2) is 79.6 Å². The van der Waals surface area contributed by atoms with E-state index < -0.39 is 0 Å². The number of aliphatic hydroxyl groups is 9. The molecule has 9 aromatic rings. The number of ketones is 3. The van der Waals surface area contributed by atoms with Crippen LogP contribution in [0.5, 0.6) is 11.5 Å². The molecule has 14 heteroatoms. The summed E-state index contributed by atoms with van der Waals surface area (Å²) in [6.45, 7) is 27.4. The monoisotopic (exact) mass is 1930 g/mol. The maximum absolute atomic E-state index is 11.6. The molecule has 0 bridgehead atoms. The van der Waals surface area contributed by atoms with Crippen LogP contribution in [0.4, 0.5) is 0 Å². The zero-order valence-electron chi connectivity index (χ0n) is 81.8. The number of rotatable bonds is 0. The number of benzene rings is 9. The van der Waals surface area contributed by atoms with E-state index in [1.54, 1.807) is 18.2 Å². The number of phenols is 2. The highest BCUT2D eigenvalue weighted by Gasteiger charge is 2.29. The molecule has 0 heterocycles. The summed E-state index contributed by atoms with van der Waals surface area (Å²) >= 11 is 0. The van der Waals surface area contributed by atoms with Crippen LogP contribution in [-0.2, 0) is 19.3 Å². The van der Waals surface area contributed by atoms with Gasteiger partial charge in [-0.15, -0.1) is 0 Å². The van der Waals surface area contributed by atoms with E-state index in [1.807, 2.05) is 344 Å². The number of carbonyl (C=O) groups excluding carboxylic acids is 3. The van der Waals surface area contributed by atoms with Gasteiger partial charge in [0.2, 0.25) is 0 Å². The number of fused-ring (bicyclic) bond motifs is 7.